The molecule has 0 atom stereocenters. The maximum Gasteiger partial charge on any atom is 0.158 e. The zero-order valence-corrected chi connectivity index (χ0v) is 14.1. The van der Waals surface area contributed by atoms with Crippen LogP contribution in [0, 0.1) is 6.92 Å². The Morgan fingerprint density at radius 1 is 1.25 bits per heavy atom. The predicted molar refractivity (Wildman–Crippen MR) is 87.9 cm³/mol. The fraction of sp³-hybridized carbons (Fsp3) is 0.714. The van der Waals surface area contributed by atoms with E-state index in [4.69, 9.17) is 16.6 Å². The lowest BCUT2D eigenvalue weighted by Crippen LogP contribution is -2.08. The van der Waals surface area contributed by atoms with Crippen LogP contribution in [-0.4, -0.2) is 37.2 Å². The molecule has 0 bridgehead atoms. The van der Waals surface area contributed by atoms with Crippen molar-refractivity contribution in [2.45, 2.75) is 39.2 Å². The van der Waals surface area contributed by atoms with E-state index in [0.717, 1.165) is 35.6 Å². The fourth-order valence-electron chi connectivity index (χ4n) is 2.58. The van der Waals surface area contributed by atoms with Crippen molar-refractivity contribution in [1.82, 2.24) is 19.3 Å². The Morgan fingerprint density at radius 3 is 2.75 bits per heavy atom. The van der Waals surface area contributed by atoms with Crippen LogP contribution in [0.5, 0.6) is 0 Å². The number of hydrogen-bond donors (Lipinski definition) is 0. The number of halogens is 1. The third kappa shape index (κ3) is 3.31. The zero-order valence-electron chi connectivity index (χ0n) is 12.5. The highest BCUT2D eigenvalue weighted by atomic mass is 35.5. The quantitative estimate of drug-likeness (QED) is 0.553. The van der Waals surface area contributed by atoms with Crippen molar-refractivity contribution in [2.75, 3.05) is 17.9 Å². The van der Waals surface area contributed by atoms with Crippen LogP contribution in [0.4, 0.5) is 0 Å². The average molecular weight is 315 g/mol. The minimum Gasteiger partial charge on any atom is -0.313 e. The van der Waals surface area contributed by atoms with Crippen LogP contribution in [0.15, 0.2) is 0 Å². The van der Waals surface area contributed by atoms with Crippen LogP contribution in [0.25, 0.3) is 11.2 Å². The molecule has 20 heavy (non-hydrogen) atoms. The number of rotatable bonds is 8. The molecule has 2 heterocycles. The van der Waals surface area contributed by atoms with Crippen LogP contribution in [0.1, 0.15) is 30.8 Å². The minimum absolute atomic E-state index is 0.613. The Bertz CT molecular complexity index is 561. The van der Waals surface area contributed by atoms with Crippen molar-refractivity contribution < 1.29 is 0 Å². The van der Waals surface area contributed by atoms with Crippen LogP contribution in [0.3, 0.4) is 0 Å². The van der Waals surface area contributed by atoms with Gasteiger partial charge in [0.15, 0.2) is 5.65 Å². The minimum atomic E-state index is 0.613. The van der Waals surface area contributed by atoms with E-state index in [-0.39, 0.29) is 0 Å². The van der Waals surface area contributed by atoms with E-state index >= 15 is 0 Å². The van der Waals surface area contributed by atoms with Crippen molar-refractivity contribution in [2.24, 2.45) is 7.05 Å². The summed E-state index contributed by atoms with van der Waals surface area (Å²) in [6.07, 6.45) is 6.72. The lowest BCUT2D eigenvalue weighted by atomic mass is 10.2. The molecular formula is C14H23ClN4S. The van der Waals surface area contributed by atoms with Gasteiger partial charge in [0, 0.05) is 25.9 Å². The van der Waals surface area contributed by atoms with E-state index in [1.54, 1.807) is 0 Å². The Kier molecular flexibility index (Phi) is 5.78. The molecule has 112 valence electrons. The summed E-state index contributed by atoms with van der Waals surface area (Å²) in [6.45, 7) is 3.03. The number of nitrogens with zero attached hydrogens (tertiary/aromatic N) is 4. The first-order valence-corrected chi connectivity index (χ1v) is 9.05. The van der Waals surface area contributed by atoms with E-state index < -0.39 is 0 Å². The van der Waals surface area contributed by atoms with E-state index in [2.05, 4.69) is 15.9 Å². The van der Waals surface area contributed by atoms with Crippen LogP contribution < -0.4 is 0 Å². The molecule has 0 unspecified atom stereocenters. The molecule has 0 N–H and O–H groups in total. The van der Waals surface area contributed by atoms with Gasteiger partial charge in [-0.25, -0.2) is 4.98 Å². The van der Waals surface area contributed by atoms with Crippen molar-refractivity contribution in [3.63, 3.8) is 0 Å². The number of aryl methyl sites for hydroxylation is 4. The molecule has 0 amide bonds. The summed E-state index contributed by atoms with van der Waals surface area (Å²) < 4.78 is 4.24. The Labute approximate surface area is 129 Å². The highest BCUT2D eigenvalue weighted by Gasteiger charge is 2.16. The Morgan fingerprint density at radius 2 is 2.05 bits per heavy atom. The van der Waals surface area contributed by atoms with Gasteiger partial charge in [0.25, 0.3) is 0 Å². The van der Waals surface area contributed by atoms with Gasteiger partial charge in [0.2, 0.25) is 0 Å². The lowest BCUT2D eigenvalue weighted by Gasteiger charge is -2.09. The molecular weight excluding hydrogens is 292 g/mol. The number of imidazole rings is 1. The summed E-state index contributed by atoms with van der Waals surface area (Å²) in [4.78, 5) is 4.73. The van der Waals surface area contributed by atoms with Gasteiger partial charge >= 0.3 is 0 Å². The van der Waals surface area contributed by atoms with E-state index in [1.807, 2.05) is 30.4 Å². The molecule has 0 aliphatic carbocycles. The third-order valence-corrected chi connectivity index (χ3v) is 4.40. The monoisotopic (exact) mass is 314 g/mol. The second kappa shape index (κ2) is 7.36. The fourth-order valence-corrected chi connectivity index (χ4v) is 3.25. The summed E-state index contributed by atoms with van der Waals surface area (Å²) in [7, 11) is 1.99. The SMILES string of the molecule is CSCCCCCn1c(CCCl)nc2c(C)nn(C)c21. The standard InChI is InChI=1S/C14H23ClN4S/c1-11-13-14(18(2)17-11)19(12(16-13)7-8-15)9-5-4-6-10-20-3/h4-10H2,1-3H3. The molecule has 2 aromatic heterocycles. The summed E-state index contributed by atoms with van der Waals surface area (Å²) in [5.74, 6) is 2.96. The molecule has 4 nitrogen and oxygen atoms in total. The molecule has 6 heteroatoms. The second-order valence-corrected chi connectivity index (χ2v) is 6.42. The topological polar surface area (TPSA) is 35.6 Å². The molecule has 2 rings (SSSR count). The molecule has 0 fully saturated rings. The summed E-state index contributed by atoms with van der Waals surface area (Å²) >= 11 is 7.82. The van der Waals surface area contributed by atoms with Gasteiger partial charge in [0.05, 0.1) is 5.69 Å². The molecule has 0 radical (unpaired) electrons. The van der Waals surface area contributed by atoms with Crippen molar-refractivity contribution in [1.29, 1.82) is 0 Å². The summed E-state index contributed by atoms with van der Waals surface area (Å²) in [6, 6.07) is 0. The maximum atomic E-state index is 5.91. The Balaban J connectivity index is 2.17. The lowest BCUT2D eigenvalue weighted by molar-refractivity contribution is 0.581. The molecule has 0 aromatic carbocycles. The smallest absolute Gasteiger partial charge is 0.158 e. The van der Waals surface area contributed by atoms with Gasteiger partial charge in [0.1, 0.15) is 11.3 Å². The first-order chi connectivity index (χ1) is 9.69. The summed E-state index contributed by atoms with van der Waals surface area (Å²) in [5, 5.41) is 4.47. The van der Waals surface area contributed by atoms with Gasteiger partial charge < -0.3 is 4.57 Å². The number of aromatic nitrogens is 4. The second-order valence-electron chi connectivity index (χ2n) is 5.05. The maximum absolute atomic E-state index is 5.91. The molecule has 0 saturated carbocycles. The van der Waals surface area contributed by atoms with Crippen molar-refractivity contribution >= 4 is 34.5 Å². The van der Waals surface area contributed by atoms with Crippen LogP contribution in [-0.2, 0) is 20.0 Å². The molecule has 2 aromatic rings. The average Bonchev–Trinajstić information content (AvgIpc) is 2.90. The van der Waals surface area contributed by atoms with Gasteiger partial charge in [-0.3, -0.25) is 4.68 Å². The molecule has 0 aliphatic heterocycles. The zero-order chi connectivity index (χ0) is 14.5. The van der Waals surface area contributed by atoms with Gasteiger partial charge in [-0.1, -0.05) is 6.42 Å². The molecule has 0 aliphatic rings. The van der Waals surface area contributed by atoms with Crippen LogP contribution in [0.2, 0.25) is 0 Å². The van der Waals surface area contributed by atoms with Crippen LogP contribution >= 0.6 is 23.4 Å². The van der Waals surface area contributed by atoms with E-state index in [9.17, 15) is 0 Å². The van der Waals surface area contributed by atoms with E-state index in [1.165, 1.54) is 25.0 Å². The molecule has 0 saturated heterocycles. The number of alkyl halides is 1. The van der Waals surface area contributed by atoms with Gasteiger partial charge in [-0.05, 0) is 31.8 Å². The van der Waals surface area contributed by atoms with E-state index in [0.29, 0.717) is 5.88 Å². The molecule has 0 spiro atoms. The Hall–Kier alpha value is -0.680. The number of hydrogen-bond acceptors (Lipinski definition) is 3. The van der Waals surface area contributed by atoms with Crippen molar-refractivity contribution in [3.05, 3.63) is 11.5 Å². The first-order valence-electron chi connectivity index (χ1n) is 7.12. The van der Waals surface area contributed by atoms with Gasteiger partial charge in [-0.15, -0.1) is 11.6 Å². The number of thioether (sulfide) groups is 1. The number of unbranched alkanes of at least 4 members (excludes halogenated alkanes) is 2. The largest absolute Gasteiger partial charge is 0.313 e. The highest BCUT2D eigenvalue weighted by Crippen LogP contribution is 2.20. The first kappa shape index (κ1) is 15.7. The number of fused-ring (bicyclic) bond motifs is 1. The third-order valence-electron chi connectivity index (χ3n) is 3.52. The van der Waals surface area contributed by atoms with Crippen molar-refractivity contribution in [3.8, 4) is 0 Å². The predicted octanol–water partition coefficient (Wildman–Crippen LogP) is 3.39. The highest BCUT2D eigenvalue weighted by molar-refractivity contribution is 7.98. The van der Waals surface area contributed by atoms with Gasteiger partial charge in [-0.2, -0.15) is 16.9 Å². The summed E-state index contributed by atoms with van der Waals surface area (Å²) in [5.41, 5.74) is 3.16. The normalized spacial score (nSPS) is 11.6.